The Hall–Kier alpha value is -1.72. The fourth-order valence-electron chi connectivity index (χ4n) is 2.12. The van der Waals surface area contributed by atoms with E-state index >= 15 is 0 Å². The van der Waals surface area contributed by atoms with Crippen LogP contribution in [0.2, 0.25) is 6.82 Å². The molecule has 2 rings (SSSR count). The van der Waals surface area contributed by atoms with Crippen molar-refractivity contribution in [3.63, 3.8) is 0 Å². The number of rotatable bonds is 4. The van der Waals surface area contributed by atoms with E-state index in [1.54, 1.807) is 12.1 Å². The summed E-state index contributed by atoms with van der Waals surface area (Å²) in [6.45, 7) is 5.89. The molecule has 0 amide bonds. The Labute approximate surface area is 123 Å². The Bertz CT molecular complexity index is 600. The highest BCUT2D eigenvalue weighted by atomic mass is 19.4. The summed E-state index contributed by atoms with van der Waals surface area (Å²) in [5.74, 6) is 0.0934. The van der Waals surface area contributed by atoms with Crippen molar-refractivity contribution in [2.75, 3.05) is 0 Å². The Kier molecular flexibility index (Phi) is 4.44. The van der Waals surface area contributed by atoms with E-state index < -0.39 is 11.9 Å². The quantitative estimate of drug-likeness (QED) is 0.787. The van der Waals surface area contributed by atoms with Gasteiger partial charge in [0.25, 0.3) is 0 Å². The molecule has 0 saturated carbocycles. The van der Waals surface area contributed by atoms with E-state index in [-0.39, 0.29) is 12.5 Å². The summed E-state index contributed by atoms with van der Waals surface area (Å²) < 4.78 is 40.3. The zero-order valence-electron chi connectivity index (χ0n) is 12.3. The molecular weight excluding hydrogens is 276 g/mol. The van der Waals surface area contributed by atoms with Crippen LogP contribution in [0.25, 0.3) is 11.3 Å². The van der Waals surface area contributed by atoms with Gasteiger partial charge in [0, 0.05) is 12.1 Å². The van der Waals surface area contributed by atoms with Crippen LogP contribution in [-0.4, -0.2) is 17.1 Å². The van der Waals surface area contributed by atoms with Crippen LogP contribution in [0.1, 0.15) is 19.5 Å². The van der Waals surface area contributed by atoms with Crippen molar-refractivity contribution in [2.24, 2.45) is 5.92 Å². The minimum absolute atomic E-state index is 0.0934. The number of benzene rings is 1. The van der Waals surface area contributed by atoms with Crippen molar-refractivity contribution in [2.45, 2.75) is 33.4 Å². The van der Waals surface area contributed by atoms with Crippen LogP contribution in [0.3, 0.4) is 0 Å². The molecule has 1 aromatic heterocycles. The monoisotopic (exact) mass is 293 g/mol. The molecule has 0 N–H and O–H groups in total. The van der Waals surface area contributed by atoms with Crippen molar-refractivity contribution in [1.29, 1.82) is 0 Å². The molecule has 0 fully saturated rings. The topological polar surface area (TPSA) is 17.8 Å². The molecule has 1 aromatic carbocycles. The first-order chi connectivity index (χ1) is 9.81. The van der Waals surface area contributed by atoms with Crippen molar-refractivity contribution < 1.29 is 13.2 Å². The van der Waals surface area contributed by atoms with Crippen molar-refractivity contribution in [1.82, 2.24) is 9.78 Å². The molecule has 111 valence electrons. The van der Waals surface area contributed by atoms with Gasteiger partial charge in [0.1, 0.15) is 13.0 Å². The third-order valence-corrected chi connectivity index (χ3v) is 3.15. The van der Waals surface area contributed by atoms with Crippen LogP contribution < -0.4 is 5.46 Å². The van der Waals surface area contributed by atoms with Crippen LogP contribution in [-0.2, 0) is 12.7 Å². The van der Waals surface area contributed by atoms with Gasteiger partial charge in [-0.1, -0.05) is 50.4 Å². The normalized spacial score (nSPS) is 12.0. The van der Waals surface area contributed by atoms with E-state index in [9.17, 15) is 13.2 Å². The predicted molar refractivity (Wildman–Crippen MR) is 78.8 cm³/mol. The molecule has 1 heterocycles. The van der Waals surface area contributed by atoms with Crippen LogP contribution in [0, 0.1) is 5.92 Å². The summed E-state index contributed by atoms with van der Waals surface area (Å²) in [5.41, 5.74) is 1.37. The second kappa shape index (κ2) is 5.96. The third-order valence-electron chi connectivity index (χ3n) is 3.15. The molecule has 0 unspecified atom stereocenters. The van der Waals surface area contributed by atoms with Gasteiger partial charge in [0.05, 0.1) is 5.69 Å². The number of aromatic nitrogens is 2. The van der Waals surface area contributed by atoms with Gasteiger partial charge in [-0.3, -0.25) is 4.68 Å². The highest BCUT2D eigenvalue weighted by Crippen LogP contribution is 2.32. The lowest BCUT2D eigenvalue weighted by atomic mass is 9.73. The van der Waals surface area contributed by atoms with Crippen LogP contribution in [0.15, 0.2) is 30.3 Å². The average Bonchev–Trinajstić information content (AvgIpc) is 2.82. The summed E-state index contributed by atoms with van der Waals surface area (Å²) in [7, 11) is 1.93. The molecule has 1 radical (unpaired) electrons. The summed E-state index contributed by atoms with van der Waals surface area (Å²) in [4.78, 5) is 0. The molecule has 0 aliphatic carbocycles. The molecule has 0 aliphatic rings. The number of alkyl halides is 3. The van der Waals surface area contributed by atoms with Gasteiger partial charge in [-0.25, -0.2) is 0 Å². The smallest absolute Gasteiger partial charge is 0.260 e. The average molecular weight is 293 g/mol. The van der Waals surface area contributed by atoms with Crippen molar-refractivity contribution in [3.05, 3.63) is 36.0 Å². The van der Waals surface area contributed by atoms with Crippen LogP contribution >= 0.6 is 0 Å². The Morgan fingerprint density at radius 3 is 2.29 bits per heavy atom. The van der Waals surface area contributed by atoms with Crippen LogP contribution in [0.4, 0.5) is 13.2 Å². The first-order valence-corrected chi connectivity index (χ1v) is 6.86. The van der Waals surface area contributed by atoms with E-state index in [1.807, 2.05) is 40.1 Å². The molecule has 2 aromatic rings. The maximum Gasteiger partial charge on any atom is 0.433 e. The van der Waals surface area contributed by atoms with Crippen molar-refractivity contribution >= 4 is 12.7 Å². The largest absolute Gasteiger partial charge is 0.433 e. The zero-order chi connectivity index (χ0) is 15.6. The molecule has 0 saturated heterocycles. The van der Waals surface area contributed by atoms with Gasteiger partial charge in [-0.05, 0) is 12.0 Å². The van der Waals surface area contributed by atoms with Gasteiger partial charge >= 0.3 is 6.18 Å². The van der Waals surface area contributed by atoms with Gasteiger partial charge < -0.3 is 0 Å². The first kappa shape index (κ1) is 15.7. The highest BCUT2D eigenvalue weighted by molar-refractivity contribution is 6.51. The fourth-order valence-corrected chi connectivity index (χ4v) is 2.12. The standard InChI is InChI=1S/C15H17BF3N2/c1-10(2)9-21-14(15(17,18)19)8-13(20-21)11-4-6-12(16-3)7-5-11/h4-8,10H,9H2,1-3H3. The fraction of sp³-hybridized carbons (Fsp3) is 0.400. The predicted octanol–water partition coefficient (Wildman–Crippen LogP) is 3.60. The molecule has 0 aliphatic heterocycles. The lowest BCUT2D eigenvalue weighted by molar-refractivity contribution is -0.144. The lowest BCUT2D eigenvalue weighted by Gasteiger charge is -2.11. The van der Waals surface area contributed by atoms with Gasteiger partial charge in [-0.15, -0.1) is 0 Å². The van der Waals surface area contributed by atoms with E-state index in [0.29, 0.717) is 11.3 Å². The summed E-state index contributed by atoms with van der Waals surface area (Å²) in [6, 6.07) is 8.43. The Balaban J connectivity index is 2.42. The minimum atomic E-state index is -4.39. The second-order valence-corrected chi connectivity index (χ2v) is 5.40. The Morgan fingerprint density at radius 1 is 1.19 bits per heavy atom. The van der Waals surface area contributed by atoms with Crippen LogP contribution in [0.5, 0.6) is 0 Å². The summed E-state index contributed by atoms with van der Waals surface area (Å²) in [5, 5.41) is 4.13. The summed E-state index contributed by atoms with van der Waals surface area (Å²) >= 11 is 0. The Morgan fingerprint density at radius 2 is 1.81 bits per heavy atom. The number of nitrogens with zero attached hydrogens (tertiary/aromatic N) is 2. The maximum atomic E-state index is 13.1. The maximum absolute atomic E-state index is 13.1. The molecule has 0 bridgehead atoms. The van der Waals surface area contributed by atoms with E-state index in [4.69, 9.17) is 0 Å². The number of hydrogen-bond acceptors (Lipinski definition) is 1. The highest BCUT2D eigenvalue weighted by Gasteiger charge is 2.36. The zero-order valence-corrected chi connectivity index (χ0v) is 12.3. The van der Waals surface area contributed by atoms with E-state index in [1.165, 1.54) is 0 Å². The number of halogens is 3. The SMILES string of the molecule is C[B]c1ccc(-c2cc(C(F)(F)F)n(CC(C)C)n2)cc1. The van der Waals surface area contributed by atoms with E-state index in [2.05, 4.69) is 5.10 Å². The molecule has 0 atom stereocenters. The molecule has 6 heteroatoms. The lowest BCUT2D eigenvalue weighted by Crippen LogP contribution is -2.17. The minimum Gasteiger partial charge on any atom is -0.260 e. The van der Waals surface area contributed by atoms with Crippen molar-refractivity contribution in [3.8, 4) is 11.3 Å². The van der Waals surface area contributed by atoms with E-state index in [0.717, 1.165) is 16.2 Å². The molecule has 21 heavy (non-hydrogen) atoms. The van der Waals surface area contributed by atoms with Gasteiger partial charge in [-0.2, -0.15) is 18.3 Å². The van der Waals surface area contributed by atoms with Gasteiger partial charge in [0.15, 0.2) is 0 Å². The number of hydrogen-bond donors (Lipinski definition) is 0. The summed E-state index contributed by atoms with van der Waals surface area (Å²) in [6.07, 6.45) is -4.39. The molecule has 2 nitrogen and oxygen atoms in total. The van der Waals surface area contributed by atoms with Gasteiger partial charge in [0.2, 0.25) is 0 Å². The second-order valence-electron chi connectivity index (χ2n) is 5.40. The molecule has 0 spiro atoms. The molecular formula is C15H17BF3N2. The first-order valence-electron chi connectivity index (χ1n) is 6.86. The third kappa shape index (κ3) is 3.68.